The molecule has 0 saturated carbocycles. The molecule has 2 N–H and O–H groups in total. The molecule has 0 spiro atoms. The van der Waals surface area contributed by atoms with E-state index in [2.05, 4.69) is 31.0 Å². The van der Waals surface area contributed by atoms with Crippen molar-refractivity contribution in [3.63, 3.8) is 0 Å². The molecule has 1 aromatic carbocycles. The van der Waals surface area contributed by atoms with Crippen LogP contribution in [0.1, 0.15) is 34.3 Å². The number of nitrogens with two attached hydrogens (primary N) is 1. The maximum Gasteiger partial charge on any atom is 0.256 e. The lowest BCUT2D eigenvalue weighted by molar-refractivity contribution is -0.123. The minimum atomic E-state index is -0.274. The number of aryl methyl sites for hydroxylation is 2. The van der Waals surface area contributed by atoms with E-state index in [1.165, 1.54) is 22.9 Å². The van der Waals surface area contributed by atoms with Crippen molar-refractivity contribution in [2.24, 2.45) is 11.7 Å². The number of likely N-dealkylation sites (tertiary alicyclic amines) is 1. The zero-order chi connectivity index (χ0) is 18.7. The minimum absolute atomic E-state index is 0.0349. The molecule has 1 aliphatic rings. The predicted octanol–water partition coefficient (Wildman–Crippen LogP) is 3.19. The van der Waals surface area contributed by atoms with E-state index in [9.17, 15) is 9.59 Å². The van der Waals surface area contributed by atoms with E-state index < -0.39 is 0 Å². The van der Waals surface area contributed by atoms with Gasteiger partial charge in [-0.05, 0) is 62.1 Å². The fourth-order valence-corrected chi connectivity index (χ4v) is 4.04. The van der Waals surface area contributed by atoms with Crippen LogP contribution in [0.3, 0.4) is 0 Å². The maximum atomic E-state index is 13.0. The summed E-state index contributed by atoms with van der Waals surface area (Å²) >= 11 is 1.50. The highest BCUT2D eigenvalue weighted by Crippen LogP contribution is 2.31. The van der Waals surface area contributed by atoms with Crippen LogP contribution in [0.4, 0.5) is 0 Å². The molecule has 5 nitrogen and oxygen atoms in total. The van der Waals surface area contributed by atoms with Crippen LogP contribution in [0.15, 0.2) is 46.5 Å². The number of amides is 2. The molecule has 136 valence electrons. The topological polar surface area (TPSA) is 76.3 Å². The predicted molar refractivity (Wildman–Crippen MR) is 102 cm³/mol. The number of hydrogen-bond acceptors (Lipinski definition) is 4. The molecule has 2 heterocycles. The van der Waals surface area contributed by atoms with E-state index in [-0.39, 0.29) is 17.7 Å². The smallest absolute Gasteiger partial charge is 0.256 e. The summed E-state index contributed by atoms with van der Waals surface area (Å²) in [6.07, 6.45) is 2.96. The first-order valence-electron chi connectivity index (χ1n) is 8.74. The van der Waals surface area contributed by atoms with Crippen molar-refractivity contribution in [3.8, 4) is 0 Å². The molecule has 6 heteroatoms. The SMILES string of the molecule is Cc1ccc(Sc2ncccc2C(=O)N2CCC(C(N)=O)CC2)cc1C. The summed E-state index contributed by atoms with van der Waals surface area (Å²) in [6, 6.07) is 9.85. The molecule has 0 atom stereocenters. The van der Waals surface area contributed by atoms with Crippen LogP contribution in [0, 0.1) is 19.8 Å². The molecule has 26 heavy (non-hydrogen) atoms. The quantitative estimate of drug-likeness (QED) is 0.898. The van der Waals surface area contributed by atoms with Gasteiger partial charge in [-0.25, -0.2) is 4.98 Å². The number of aromatic nitrogens is 1. The van der Waals surface area contributed by atoms with E-state index >= 15 is 0 Å². The molecule has 3 rings (SSSR count). The van der Waals surface area contributed by atoms with Gasteiger partial charge in [0.05, 0.1) is 5.56 Å². The number of nitrogens with zero attached hydrogens (tertiary/aromatic N) is 2. The van der Waals surface area contributed by atoms with Crippen molar-refractivity contribution in [3.05, 3.63) is 53.2 Å². The lowest BCUT2D eigenvalue weighted by Gasteiger charge is -2.30. The summed E-state index contributed by atoms with van der Waals surface area (Å²) < 4.78 is 0. The Morgan fingerprint density at radius 1 is 1.15 bits per heavy atom. The highest BCUT2D eigenvalue weighted by molar-refractivity contribution is 7.99. The lowest BCUT2D eigenvalue weighted by atomic mass is 9.96. The van der Waals surface area contributed by atoms with Crippen LogP contribution in [-0.2, 0) is 4.79 Å². The molecule has 0 aliphatic carbocycles. The number of carbonyl (C=O) groups is 2. The monoisotopic (exact) mass is 369 g/mol. The van der Waals surface area contributed by atoms with Gasteiger partial charge in [-0.15, -0.1) is 0 Å². The average molecular weight is 369 g/mol. The molecule has 1 aliphatic heterocycles. The molecule has 2 amide bonds. The summed E-state index contributed by atoms with van der Waals surface area (Å²) in [5.74, 6) is -0.436. The third-order valence-electron chi connectivity index (χ3n) is 4.88. The Bertz CT molecular complexity index is 830. The van der Waals surface area contributed by atoms with Crippen LogP contribution >= 0.6 is 11.8 Å². The van der Waals surface area contributed by atoms with Crippen LogP contribution in [-0.4, -0.2) is 34.8 Å². The van der Waals surface area contributed by atoms with E-state index in [4.69, 9.17) is 5.73 Å². The molecule has 0 bridgehead atoms. The zero-order valence-electron chi connectivity index (χ0n) is 15.1. The molecular formula is C20H23N3O2S. The van der Waals surface area contributed by atoms with Crippen LogP contribution in [0.25, 0.3) is 0 Å². The molecular weight excluding hydrogens is 346 g/mol. The highest BCUT2D eigenvalue weighted by Gasteiger charge is 2.27. The molecule has 1 saturated heterocycles. The average Bonchev–Trinajstić information content (AvgIpc) is 2.65. The van der Waals surface area contributed by atoms with Gasteiger partial charge in [0.2, 0.25) is 5.91 Å². The lowest BCUT2D eigenvalue weighted by Crippen LogP contribution is -2.41. The highest BCUT2D eigenvalue weighted by atomic mass is 32.2. The fraction of sp³-hybridized carbons (Fsp3) is 0.350. The van der Waals surface area contributed by atoms with E-state index in [0.29, 0.717) is 36.5 Å². The Hall–Kier alpha value is -2.34. The van der Waals surface area contributed by atoms with Gasteiger partial charge in [-0.3, -0.25) is 9.59 Å². The van der Waals surface area contributed by atoms with E-state index in [0.717, 1.165) is 4.90 Å². The first-order chi connectivity index (χ1) is 12.5. The number of hydrogen-bond donors (Lipinski definition) is 1. The standard InChI is InChI=1S/C20H23N3O2S/c1-13-5-6-16(12-14(13)2)26-19-17(4-3-9-22-19)20(25)23-10-7-15(8-11-23)18(21)24/h3-6,9,12,15H,7-8,10-11H2,1-2H3,(H2,21,24). The summed E-state index contributed by atoms with van der Waals surface area (Å²) in [5, 5.41) is 0.706. The Balaban J connectivity index is 1.77. The largest absolute Gasteiger partial charge is 0.369 e. The fourth-order valence-electron chi connectivity index (χ4n) is 3.06. The third kappa shape index (κ3) is 4.07. The van der Waals surface area contributed by atoms with Crippen molar-refractivity contribution in [2.45, 2.75) is 36.6 Å². The van der Waals surface area contributed by atoms with Gasteiger partial charge in [0, 0.05) is 30.1 Å². The number of pyridine rings is 1. The number of primary amides is 1. The molecule has 1 fully saturated rings. The van der Waals surface area contributed by atoms with Gasteiger partial charge in [0.15, 0.2) is 0 Å². The van der Waals surface area contributed by atoms with Gasteiger partial charge < -0.3 is 10.6 Å². The van der Waals surface area contributed by atoms with Crippen molar-refractivity contribution in [1.29, 1.82) is 0 Å². The first-order valence-corrected chi connectivity index (χ1v) is 9.56. The Morgan fingerprint density at radius 2 is 1.88 bits per heavy atom. The van der Waals surface area contributed by atoms with Crippen LogP contribution < -0.4 is 5.73 Å². The number of carbonyl (C=O) groups excluding carboxylic acids is 2. The second kappa shape index (κ2) is 7.91. The number of benzene rings is 1. The minimum Gasteiger partial charge on any atom is -0.369 e. The molecule has 0 unspecified atom stereocenters. The summed E-state index contributed by atoms with van der Waals surface area (Å²) in [6.45, 7) is 5.26. The second-order valence-corrected chi connectivity index (χ2v) is 7.74. The Morgan fingerprint density at radius 3 is 2.54 bits per heavy atom. The van der Waals surface area contributed by atoms with E-state index in [1.807, 2.05) is 12.1 Å². The van der Waals surface area contributed by atoms with Crippen molar-refractivity contribution < 1.29 is 9.59 Å². The third-order valence-corrected chi connectivity index (χ3v) is 5.89. The van der Waals surface area contributed by atoms with Gasteiger partial charge in [-0.2, -0.15) is 0 Å². The van der Waals surface area contributed by atoms with Crippen molar-refractivity contribution in [2.75, 3.05) is 13.1 Å². The molecule has 1 aromatic heterocycles. The first kappa shape index (κ1) is 18.5. The number of piperidine rings is 1. The number of rotatable bonds is 4. The van der Waals surface area contributed by atoms with Gasteiger partial charge in [-0.1, -0.05) is 17.8 Å². The molecule has 2 aromatic rings. The van der Waals surface area contributed by atoms with Gasteiger partial charge in [0.25, 0.3) is 5.91 Å². The van der Waals surface area contributed by atoms with Gasteiger partial charge >= 0.3 is 0 Å². The summed E-state index contributed by atoms with van der Waals surface area (Å²) in [5.41, 5.74) is 8.44. The normalized spacial score (nSPS) is 15.1. The van der Waals surface area contributed by atoms with Crippen molar-refractivity contribution >= 4 is 23.6 Å². The Labute approximate surface area is 158 Å². The van der Waals surface area contributed by atoms with Crippen LogP contribution in [0.5, 0.6) is 0 Å². The van der Waals surface area contributed by atoms with Gasteiger partial charge in [0.1, 0.15) is 5.03 Å². The summed E-state index contributed by atoms with van der Waals surface area (Å²) in [4.78, 5) is 31.6. The van der Waals surface area contributed by atoms with E-state index in [1.54, 1.807) is 17.2 Å². The molecule has 0 radical (unpaired) electrons. The second-order valence-electron chi connectivity index (χ2n) is 6.67. The Kier molecular flexibility index (Phi) is 5.61. The zero-order valence-corrected chi connectivity index (χ0v) is 15.9. The van der Waals surface area contributed by atoms with Crippen molar-refractivity contribution in [1.82, 2.24) is 9.88 Å². The summed E-state index contributed by atoms with van der Waals surface area (Å²) in [7, 11) is 0. The van der Waals surface area contributed by atoms with Crippen LogP contribution in [0.2, 0.25) is 0 Å². The maximum absolute atomic E-state index is 13.0.